The molecule has 1 aliphatic rings. The lowest BCUT2D eigenvalue weighted by atomic mass is 9.71. The molecule has 0 atom stereocenters. The summed E-state index contributed by atoms with van der Waals surface area (Å²) in [6.45, 7) is 4.64. The van der Waals surface area contributed by atoms with Gasteiger partial charge in [-0.3, -0.25) is 10.1 Å². The van der Waals surface area contributed by atoms with E-state index in [1.807, 2.05) is 12.1 Å². The van der Waals surface area contributed by atoms with Gasteiger partial charge in [0.1, 0.15) is 0 Å². The van der Waals surface area contributed by atoms with E-state index in [-0.39, 0.29) is 10.6 Å². The smallest absolute Gasteiger partial charge is 0.258 e. The maximum Gasteiger partial charge on any atom is 0.269 e. The van der Waals surface area contributed by atoms with Crippen LogP contribution in [-0.2, 0) is 0 Å². The molecule has 0 aliphatic heterocycles. The van der Waals surface area contributed by atoms with E-state index in [1.165, 1.54) is 31.2 Å². The molecule has 2 rings (SSSR count). The van der Waals surface area contributed by atoms with Gasteiger partial charge in [0, 0.05) is 12.1 Å². The van der Waals surface area contributed by atoms with Gasteiger partial charge in [-0.1, -0.05) is 26.0 Å². The quantitative estimate of drug-likeness (QED) is 0.565. The highest BCUT2D eigenvalue weighted by Crippen LogP contribution is 2.42. The molecule has 0 N–H and O–H groups in total. The molecule has 1 aliphatic carbocycles. The fraction of sp³-hybridized carbons (Fsp3) is 0.571. The Hall–Kier alpha value is -1.38. The number of rotatable bonds is 2. The third-order valence-electron chi connectivity index (χ3n) is 3.91. The lowest BCUT2D eigenvalue weighted by Gasteiger charge is -2.34. The molecule has 0 amide bonds. The molecule has 3 nitrogen and oxygen atoms in total. The van der Waals surface area contributed by atoms with Gasteiger partial charge in [0.15, 0.2) is 0 Å². The number of nitro benzene ring substituents is 1. The molecule has 1 aromatic rings. The predicted molar refractivity (Wildman–Crippen MR) is 68.1 cm³/mol. The van der Waals surface area contributed by atoms with Crippen molar-refractivity contribution in [2.24, 2.45) is 5.41 Å². The fourth-order valence-corrected chi connectivity index (χ4v) is 2.60. The van der Waals surface area contributed by atoms with Crippen LogP contribution in [0, 0.1) is 15.5 Å². The highest BCUT2D eigenvalue weighted by atomic mass is 16.6. The van der Waals surface area contributed by atoms with Crippen LogP contribution in [0.25, 0.3) is 0 Å². The van der Waals surface area contributed by atoms with Crippen LogP contribution in [0.1, 0.15) is 51.0 Å². The number of nitro groups is 1. The van der Waals surface area contributed by atoms with E-state index in [9.17, 15) is 10.1 Å². The third kappa shape index (κ3) is 2.84. The molecular weight excluding hydrogens is 214 g/mol. The highest BCUT2D eigenvalue weighted by molar-refractivity contribution is 5.34. The maximum absolute atomic E-state index is 10.6. The van der Waals surface area contributed by atoms with Crippen LogP contribution in [0.5, 0.6) is 0 Å². The fourth-order valence-electron chi connectivity index (χ4n) is 2.60. The number of benzene rings is 1. The Labute approximate surface area is 102 Å². The molecule has 0 heterocycles. The van der Waals surface area contributed by atoms with Crippen molar-refractivity contribution in [1.29, 1.82) is 0 Å². The second kappa shape index (κ2) is 4.47. The third-order valence-corrected chi connectivity index (χ3v) is 3.91. The van der Waals surface area contributed by atoms with Crippen LogP contribution in [0.2, 0.25) is 0 Å². The summed E-state index contributed by atoms with van der Waals surface area (Å²) in [5.74, 6) is 0.587. The van der Waals surface area contributed by atoms with Gasteiger partial charge < -0.3 is 0 Å². The molecule has 0 spiro atoms. The topological polar surface area (TPSA) is 43.1 Å². The summed E-state index contributed by atoms with van der Waals surface area (Å²) in [7, 11) is 0. The summed E-state index contributed by atoms with van der Waals surface area (Å²) in [6.07, 6.45) is 4.89. The molecular formula is C14H19NO2. The Balaban J connectivity index is 2.06. The van der Waals surface area contributed by atoms with Gasteiger partial charge in [-0.05, 0) is 42.6 Å². The normalized spacial score (nSPS) is 20.1. The van der Waals surface area contributed by atoms with Gasteiger partial charge in [0.2, 0.25) is 0 Å². The van der Waals surface area contributed by atoms with Crippen LogP contribution >= 0.6 is 0 Å². The van der Waals surface area contributed by atoms with Crippen molar-refractivity contribution in [3.8, 4) is 0 Å². The zero-order chi connectivity index (χ0) is 12.5. The van der Waals surface area contributed by atoms with E-state index in [2.05, 4.69) is 13.8 Å². The maximum atomic E-state index is 10.6. The summed E-state index contributed by atoms with van der Waals surface area (Å²) in [5, 5.41) is 10.6. The Morgan fingerprint density at radius 3 is 2.18 bits per heavy atom. The van der Waals surface area contributed by atoms with E-state index < -0.39 is 0 Å². The lowest BCUT2D eigenvalue weighted by molar-refractivity contribution is -0.384. The predicted octanol–water partition coefficient (Wildman–Crippen LogP) is 4.28. The first-order chi connectivity index (χ1) is 7.98. The van der Waals surface area contributed by atoms with Crippen molar-refractivity contribution in [2.45, 2.75) is 45.4 Å². The number of non-ortho nitro benzene ring substituents is 1. The summed E-state index contributed by atoms with van der Waals surface area (Å²) in [5.41, 5.74) is 1.91. The van der Waals surface area contributed by atoms with Gasteiger partial charge in [-0.2, -0.15) is 0 Å². The van der Waals surface area contributed by atoms with Crippen LogP contribution < -0.4 is 0 Å². The van der Waals surface area contributed by atoms with Crippen molar-refractivity contribution in [2.75, 3.05) is 0 Å². The first kappa shape index (κ1) is 12.1. The van der Waals surface area contributed by atoms with E-state index in [0.717, 1.165) is 0 Å². The summed E-state index contributed by atoms with van der Waals surface area (Å²) >= 11 is 0. The molecule has 0 saturated heterocycles. The van der Waals surface area contributed by atoms with Crippen LogP contribution in [0.4, 0.5) is 5.69 Å². The largest absolute Gasteiger partial charge is 0.269 e. The Kier molecular flexibility index (Phi) is 3.18. The molecule has 0 unspecified atom stereocenters. The Morgan fingerprint density at radius 1 is 1.18 bits per heavy atom. The molecule has 1 fully saturated rings. The SMILES string of the molecule is CC1(C)CCC(c2ccc([N+](=O)[O-])cc2)CC1. The summed E-state index contributed by atoms with van der Waals surface area (Å²) < 4.78 is 0. The standard InChI is InChI=1S/C14H19NO2/c1-14(2)9-7-12(8-10-14)11-3-5-13(6-4-11)15(16)17/h3-6,12H,7-10H2,1-2H3. The minimum absolute atomic E-state index is 0.185. The minimum Gasteiger partial charge on any atom is -0.258 e. The molecule has 0 bridgehead atoms. The van der Waals surface area contributed by atoms with Crippen molar-refractivity contribution >= 4 is 5.69 Å². The molecule has 1 saturated carbocycles. The molecule has 3 heteroatoms. The summed E-state index contributed by atoms with van der Waals surface area (Å²) in [6, 6.07) is 7.08. The van der Waals surface area contributed by atoms with Crippen molar-refractivity contribution in [3.63, 3.8) is 0 Å². The van der Waals surface area contributed by atoms with Gasteiger partial charge in [0.25, 0.3) is 5.69 Å². The molecule has 1 aromatic carbocycles. The number of hydrogen-bond donors (Lipinski definition) is 0. The zero-order valence-corrected chi connectivity index (χ0v) is 10.5. The number of nitrogens with zero attached hydrogens (tertiary/aromatic N) is 1. The van der Waals surface area contributed by atoms with E-state index in [0.29, 0.717) is 11.3 Å². The second-order valence-electron chi connectivity index (χ2n) is 5.79. The van der Waals surface area contributed by atoms with Gasteiger partial charge >= 0.3 is 0 Å². The average molecular weight is 233 g/mol. The van der Waals surface area contributed by atoms with Crippen LogP contribution in [-0.4, -0.2) is 4.92 Å². The van der Waals surface area contributed by atoms with Gasteiger partial charge in [-0.15, -0.1) is 0 Å². The molecule has 0 radical (unpaired) electrons. The van der Waals surface area contributed by atoms with Crippen LogP contribution in [0.3, 0.4) is 0 Å². The van der Waals surface area contributed by atoms with E-state index in [1.54, 1.807) is 12.1 Å². The summed E-state index contributed by atoms with van der Waals surface area (Å²) in [4.78, 5) is 10.2. The second-order valence-corrected chi connectivity index (χ2v) is 5.79. The van der Waals surface area contributed by atoms with Crippen molar-refractivity contribution in [1.82, 2.24) is 0 Å². The van der Waals surface area contributed by atoms with Crippen molar-refractivity contribution < 1.29 is 4.92 Å². The van der Waals surface area contributed by atoms with Gasteiger partial charge in [0.05, 0.1) is 4.92 Å². The van der Waals surface area contributed by atoms with Gasteiger partial charge in [-0.25, -0.2) is 0 Å². The molecule has 17 heavy (non-hydrogen) atoms. The lowest BCUT2D eigenvalue weighted by Crippen LogP contribution is -2.20. The van der Waals surface area contributed by atoms with Crippen molar-refractivity contribution in [3.05, 3.63) is 39.9 Å². The number of hydrogen-bond acceptors (Lipinski definition) is 2. The van der Waals surface area contributed by atoms with Crippen LogP contribution in [0.15, 0.2) is 24.3 Å². The molecule has 0 aromatic heterocycles. The first-order valence-electron chi connectivity index (χ1n) is 6.22. The van der Waals surface area contributed by atoms with E-state index in [4.69, 9.17) is 0 Å². The Morgan fingerprint density at radius 2 is 1.71 bits per heavy atom. The molecule has 92 valence electrons. The zero-order valence-electron chi connectivity index (χ0n) is 10.5. The highest BCUT2D eigenvalue weighted by Gasteiger charge is 2.27. The minimum atomic E-state index is -0.340. The van der Waals surface area contributed by atoms with E-state index >= 15 is 0 Å². The first-order valence-corrected chi connectivity index (χ1v) is 6.22. The monoisotopic (exact) mass is 233 g/mol. The Bertz CT molecular complexity index is 399. The average Bonchev–Trinajstić information content (AvgIpc) is 2.29.